The van der Waals surface area contributed by atoms with Gasteiger partial charge in [-0.25, -0.2) is 4.98 Å². The molecule has 1 aromatic carbocycles. The molecule has 2 N–H and O–H groups in total. The Bertz CT molecular complexity index is 602. The van der Waals surface area contributed by atoms with Gasteiger partial charge < -0.3 is 10.5 Å². The fourth-order valence-corrected chi connectivity index (χ4v) is 2.75. The van der Waals surface area contributed by atoms with Crippen molar-refractivity contribution in [3.63, 3.8) is 0 Å². The van der Waals surface area contributed by atoms with Crippen LogP contribution in [0.15, 0.2) is 47.6 Å². The molecule has 1 aromatic heterocycles. The van der Waals surface area contributed by atoms with Gasteiger partial charge in [-0.3, -0.25) is 4.79 Å². The Balaban J connectivity index is 2.15. The van der Waals surface area contributed by atoms with Gasteiger partial charge in [-0.2, -0.15) is 0 Å². The van der Waals surface area contributed by atoms with Crippen molar-refractivity contribution in [2.24, 2.45) is 5.73 Å². The molecular formula is C15H16N2O2S. The molecule has 0 aliphatic rings. The number of benzene rings is 1. The molecular weight excluding hydrogens is 272 g/mol. The second-order valence-corrected chi connectivity index (χ2v) is 5.01. The smallest absolute Gasteiger partial charge is 0.251 e. The van der Waals surface area contributed by atoms with Crippen LogP contribution in [0.4, 0.5) is 0 Å². The molecule has 0 unspecified atom stereocenters. The zero-order valence-corrected chi connectivity index (χ0v) is 12.0. The number of nitrogens with two attached hydrogens (primary N) is 1. The highest BCUT2D eigenvalue weighted by atomic mass is 32.2. The number of pyridine rings is 1. The summed E-state index contributed by atoms with van der Waals surface area (Å²) >= 11 is 1.48. The first-order chi connectivity index (χ1) is 9.72. The van der Waals surface area contributed by atoms with Crippen LogP contribution < -0.4 is 10.5 Å². The number of rotatable bonds is 6. The lowest BCUT2D eigenvalue weighted by Gasteiger charge is -2.10. The lowest BCUT2D eigenvalue weighted by atomic mass is 10.2. The van der Waals surface area contributed by atoms with Crippen LogP contribution in [0.5, 0.6) is 5.75 Å². The van der Waals surface area contributed by atoms with Gasteiger partial charge in [0.25, 0.3) is 5.91 Å². The van der Waals surface area contributed by atoms with E-state index in [4.69, 9.17) is 10.5 Å². The van der Waals surface area contributed by atoms with E-state index in [1.165, 1.54) is 11.8 Å². The van der Waals surface area contributed by atoms with E-state index in [1.807, 2.05) is 31.2 Å². The van der Waals surface area contributed by atoms with Crippen LogP contribution in [0.1, 0.15) is 22.8 Å². The van der Waals surface area contributed by atoms with E-state index in [1.54, 1.807) is 18.3 Å². The summed E-state index contributed by atoms with van der Waals surface area (Å²) in [5.74, 6) is 1.07. The third kappa shape index (κ3) is 3.51. The number of hydrogen-bond acceptors (Lipinski definition) is 4. The molecule has 20 heavy (non-hydrogen) atoms. The van der Waals surface area contributed by atoms with E-state index in [0.717, 1.165) is 11.3 Å². The lowest BCUT2D eigenvalue weighted by Crippen LogP contribution is -2.12. The molecule has 0 saturated heterocycles. The van der Waals surface area contributed by atoms with E-state index >= 15 is 0 Å². The monoisotopic (exact) mass is 288 g/mol. The van der Waals surface area contributed by atoms with Crippen molar-refractivity contribution >= 4 is 17.7 Å². The number of carbonyl (C=O) groups excluding carboxylic acids is 1. The number of ether oxygens (including phenoxy) is 1. The molecule has 5 heteroatoms. The third-order valence-electron chi connectivity index (χ3n) is 2.67. The summed E-state index contributed by atoms with van der Waals surface area (Å²) in [7, 11) is 0. The predicted molar refractivity (Wildman–Crippen MR) is 79.9 cm³/mol. The summed E-state index contributed by atoms with van der Waals surface area (Å²) in [5, 5.41) is 0.645. The number of nitrogens with zero attached hydrogens (tertiary/aromatic N) is 1. The minimum Gasteiger partial charge on any atom is -0.494 e. The van der Waals surface area contributed by atoms with Crippen molar-refractivity contribution < 1.29 is 9.53 Å². The summed E-state index contributed by atoms with van der Waals surface area (Å²) in [6, 6.07) is 11.2. The third-order valence-corrected chi connectivity index (χ3v) is 3.73. The molecule has 1 heterocycles. The van der Waals surface area contributed by atoms with Crippen LogP contribution in [-0.4, -0.2) is 17.5 Å². The van der Waals surface area contributed by atoms with Crippen molar-refractivity contribution in [3.8, 4) is 5.75 Å². The highest BCUT2D eigenvalue weighted by Gasteiger charge is 2.10. The fraction of sp³-hybridized carbons (Fsp3) is 0.200. The molecule has 0 radical (unpaired) electrons. The topological polar surface area (TPSA) is 65.2 Å². The van der Waals surface area contributed by atoms with Crippen LogP contribution in [0.2, 0.25) is 0 Å². The number of aromatic nitrogens is 1. The van der Waals surface area contributed by atoms with Crippen LogP contribution in [-0.2, 0) is 5.75 Å². The maximum Gasteiger partial charge on any atom is 0.251 e. The highest BCUT2D eigenvalue weighted by molar-refractivity contribution is 7.98. The van der Waals surface area contributed by atoms with E-state index < -0.39 is 5.91 Å². The average molecular weight is 288 g/mol. The summed E-state index contributed by atoms with van der Waals surface area (Å²) in [6.45, 7) is 2.58. The predicted octanol–water partition coefficient (Wildman–Crippen LogP) is 2.87. The standard InChI is InChI=1S/C15H16N2O2S/c1-2-19-13-8-4-3-6-11(13)10-20-15-12(14(16)18)7-5-9-17-15/h3-9H,2,10H2,1H3,(H2,16,18). The minimum atomic E-state index is -0.460. The maximum absolute atomic E-state index is 11.3. The Labute approximate surface area is 122 Å². The second-order valence-electron chi connectivity index (χ2n) is 4.05. The minimum absolute atomic E-state index is 0.450. The van der Waals surface area contributed by atoms with Gasteiger partial charge >= 0.3 is 0 Å². The molecule has 2 rings (SSSR count). The van der Waals surface area contributed by atoms with Gasteiger partial charge in [0, 0.05) is 17.5 Å². The van der Waals surface area contributed by atoms with Crippen LogP contribution >= 0.6 is 11.8 Å². The number of amides is 1. The molecule has 0 bridgehead atoms. The molecule has 0 atom stereocenters. The highest BCUT2D eigenvalue weighted by Crippen LogP contribution is 2.28. The first kappa shape index (κ1) is 14.4. The van der Waals surface area contributed by atoms with Gasteiger partial charge in [0.15, 0.2) is 0 Å². The molecule has 2 aromatic rings. The molecule has 0 aliphatic heterocycles. The normalized spacial score (nSPS) is 10.2. The molecule has 0 spiro atoms. The number of hydrogen-bond donors (Lipinski definition) is 1. The van der Waals surface area contributed by atoms with Crippen molar-refractivity contribution in [1.29, 1.82) is 0 Å². The van der Waals surface area contributed by atoms with Crippen LogP contribution in [0.25, 0.3) is 0 Å². The zero-order valence-electron chi connectivity index (χ0n) is 11.2. The summed E-state index contributed by atoms with van der Waals surface area (Å²) in [6.07, 6.45) is 1.66. The van der Waals surface area contributed by atoms with Gasteiger partial charge in [-0.15, -0.1) is 11.8 Å². The van der Waals surface area contributed by atoms with Gasteiger partial charge in [0.2, 0.25) is 0 Å². The molecule has 0 fully saturated rings. The Morgan fingerprint density at radius 1 is 1.30 bits per heavy atom. The average Bonchev–Trinajstić information content (AvgIpc) is 2.47. The number of carbonyl (C=O) groups is 1. The molecule has 104 valence electrons. The van der Waals surface area contributed by atoms with Crippen molar-refractivity contribution in [3.05, 3.63) is 53.7 Å². The van der Waals surface area contributed by atoms with Crippen molar-refractivity contribution in [2.45, 2.75) is 17.7 Å². The zero-order chi connectivity index (χ0) is 14.4. The molecule has 1 amide bonds. The fourth-order valence-electron chi connectivity index (χ4n) is 1.76. The lowest BCUT2D eigenvalue weighted by molar-refractivity contribution is 0.0997. The summed E-state index contributed by atoms with van der Waals surface area (Å²) in [5.41, 5.74) is 6.86. The van der Waals surface area contributed by atoms with Crippen molar-refractivity contribution in [1.82, 2.24) is 4.98 Å². The SMILES string of the molecule is CCOc1ccccc1CSc1ncccc1C(N)=O. The number of thioether (sulfide) groups is 1. The Hall–Kier alpha value is -2.01. The maximum atomic E-state index is 11.3. The molecule has 4 nitrogen and oxygen atoms in total. The summed E-state index contributed by atoms with van der Waals surface area (Å²) in [4.78, 5) is 15.6. The van der Waals surface area contributed by atoms with E-state index in [0.29, 0.717) is 22.9 Å². The first-order valence-corrected chi connectivity index (χ1v) is 7.29. The first-order valence-electron chi connectivity index (χ1n) is 6.30. The van der Waals surface area contributed by atoms with Crippen LogP contribution in [0.3, 0.4) is 0 Å². The van der Waals surface area contributed by atoms with Gasteiger partial charge in [-0.1, -0.05) is 18.2 Å². The molecule has 0 aliphatic carbocycles. The van der Waals surface area contributed by atoms with Crippen molar-refractivity contribution in [2.75, 3.05) is 6.61 Å². The number of primary amides is 1. The van der Waals surface area contributed by atoms with Gasteiger partial charge in [0.1, 0.15) is 10.8 Å². The molecule has 0 saturated carbocycles. The second kappa shape index (κ2) is 6.96. The number of para-hydroxylation sites is 1. The van der Waals surface area contributed by atoms with Crippen LogP contribution in [0, 0.1) is 0 Å². The quantitative estimate of drug-likeness (QED) is 0.830. The van der Waals surface area contributed by atoms with E-state index in [9.17, 15) is 4.79 Å². The Kier molecular flexibility index (Phi) is 5.01. The Morgan fingerprint density at radius 3 is 2.85 bits per heavy atom. The van der Waals surface area contributed by atoms with E-state index in [2.05, 4.69) is 4.98 Å². The largest absolute Gasteiger partial charge is 0.494 e. The van der Waals surface area contributed by atoms with Gasteiger partial charge in [-0.05, 0) is 25.1 Å². The van der Waals surface area contributed by atoms with E-state index in [-0.39, 0.29) is 0 Å². The Morgan fingerprint density at radius 2 is 2.10 bits per heavy atom. The van der Waals surface area contributed by atoms with Gasteiger partial charge in [0.05, 0.1) is 12.2 Å². The summed E-state index contributed by atoms with van der Waals surface area (Å²) < 4.78 is 5.58.